The van der Waals surface area contributed by atoms with E-state index in [2.05, 4.69) is 56.4 Å². The highest BCUT2D eigenvalue weighted by Crippen LogP contribution is 2.26. The third kappa shape index (κ3) is 3.12. The largest absolute Gasteiger partial charge is 0.313 e. The molecule has 1 aliphatic rings. The van der Waals surface area contributed by atoms with Gasteiger partial charge in [0.2, 0.25) is 0 Å². The lowest BCUT2D eigenvalue weighted by Gasteiger charge is -2.26. The zero-order chi connectivity index (χ0) is 13.1. The van der Waals surface area contributed by atoms with Gasteiger partial charge in [-0.25, -0.2) is 0 Å². The Bertz CT molecular complexity index is 396. The van der Waals surface area contributed by atoms with E-state index in [1.165, 1.54) is 24.8 Å². The number of likely N-dealkylation sites (N-methyl/N-ethyl adjacent to an activating group) is 1. The van der Waals surface area contributed by atoms with Crippen molar-refractivity contribution in [3.63, 3.8) is 0 Å². The van der Waals surface area contributed by atoms with Crippen LogP contribution < -0.4 is 5.32 Å². The van der Waals surface area contributed by atoms with Gasteiger partial charge < -0.3 is 10.2 Å². The predicted molar refractivity (Wildman–Crippen MR) is 78.0 cm³/mol. The van der Waals surface area contributed by atoms with E-state index >= 15 is 0 Å². The van der Waals surface area contributed by atoms with Crippen LogP contribution in [-0.2, 0) is 12.8 Å². The number of hydrogen-bond acceptors (Lipinski definition) is 2. The third-order valence-corrected chi connectivity index (χ3v) is 3.85. The van der Waals surface area contributed by atoms with Gasteiger partial charge in [0.15, 0.2) is 0 Å². The molecule has 1 aromatic carbocycles. The monoisotopic (exact) mass is 246 g/mol. The molecule has 0 spiro atoms. The maximum Gasteiger partial charge on any atom is 0.0467 e. The first-order valence-corrected chi connectivity index (χ1v) is 7.09. The van der Waals surface area contributed by atoms with Crippen molar-refractivity contribution < 1.29 is 0 Å². The van der Waals surface area contributed by atoms with Crippen molar-refractivity contribution in [2.45, 2.75) is 45.2 Å². The molecular formula is C16H26N2. The van der Waals surface area contributed by atoms with E-state index in [0.717, 1.165) is 6.54 Å². The first-order chi connectivity index (χ1) is 8.58. The molecule has 0 aromatic heterocycles. The van der Waals surface area contributed by atoms with Gasteiger partial charge in [-0.2, -0.15) is 0 Å². The molecule has 0 saturated carbocycles. The minimum Gasteiger partial charge on any atom is -0.313 e. The summed E-state index contributed by atoms with van der Waals surface area (Å²) in [6.07, 6.45) is 3.86. The van der Waals surface area contributed by atoms with Crippen molar-refractivity contribution in [2.75, 3.05) is 20.6 Å². The average Bonchev–Trinajstić information content (AvgIpc) is 2.75. The summed E-state index contributed by atoms with van der Waals surface area (Å²) in [5, 5.41) is 3.55. The van der Waals surface area contributed by atoms with Crippen LogP contribution in [0.5, 0.6) is 0 Å². The Morgan fingerprint density at radius 2 is 1.89 bits per heavy atom. The molecule has 0 radical (unpaired) electrons. The number of nitrogens with one attached hydrogen (secondary N) is 1. The first kappa shape index (κ1) is 13.6. The molecule has 1 aromatic rings. The van der Waals surface area contributed by atoms with Gasteiger partial charge >= 0.3 is 0 Å². The van der Waals surface area contributed by atoms with Crippen molar-refractivity contribution in [1.29, 1.82) is 0 Å². The van der Waals surface area contributed by atoms with Crippen molar-refractivity contribution in [3.05, 3.63) is 34.9 Å². The first-order valence-electron chi connectivity index (χ1n) is 7.09. The van der Waals surface area contributed by atoms with Crippen molar-refractivity contribution in [3.8, 4) is 0 Å². The number of fused-ring (bicyclic) bond motifs is 1. The lowest BCUT2D eigenvalue weighted by atomic mass is 10.00. The summed E-state index contributed by atoms with van der Waals surface area (Å²) >= 11 is 0. The van der Waals surface area contributed by atoms with Crippen LogP contribution in [-0.4, -0.2) is 31.6 Å². The van der Waals surface area contributed by atoms with Crippen molar-refractivity contribution >= 4 is 0 Å². The number of nitrogens with zero attached hydrogens (tertiary/aromatic N) is 1. The summed E-state index contributed by atoms with van der Waals surface area (Å²) < 4.78 is 0. The molecule has 2 rings (SSSR count). The normalized spacial score (nSPS) is 16.3. The minimum absolute atomic E-state index is 0.471. The zero-order valence-corrected chi connectivity index (χ0v) is 12.2. The SMILES string of the molecule is CC(C)NCC(c1ccc2c(c1)CCC2)N(C)C. The zero-order valence-electron chi connectivity index (χ0n) is 12.2. The van der Waals surface area contributed by atoms with Crippen LogP contribution in [0.4, 0.5) is 0 Å². The lowest BCUT2D eigenvalue weighted by molar-refractivity contribution is 0.283. The summed E-state index contributed by atoms with van der Waals surface area (Å²) in [7, 11) is 4.33. The second-order valence-electron chi connectivity index (χ2n) is 5.92. The Hall–Kier alpha value is -0.860. The summed E-state index contributed by atoms with van der Waals surface area (Å²) in [6.45, 7) is 5.42. The Kier molecular flexibility index (Phi) is 4.41. The van der Waals surface area contributed by atoms with E-state index in [-0.39, 0.29) is 0 Å². The molecule has 0 bridgehead atoms. The maximum atomic E-state index is 3.55. The van der Waals surface area contributed by atoms with Gasteiger partial charge in [0.25, 0.3) is 0 Å². The van der Waals surface area contributed by atoms with Crippen molar-refractivity contribution in [2.24, 2.45) is 0 Å². The molecule has 1 atom stereocenters. The van der Waals surface area contributed by atoms with Crippen LogP contribution >= 0.6 is 0 Å². The molecule has 100 valence electrons. The maximum absolute atomic E-state index is 3.55. The van der Waals surface area contributed by atoms with Crippen LogP contribution in [0, 0.1) is 0 Å². The molecule has 0 fully saturated rings. The molecule has 0 saturated heterocycles. The Balaban J connectivity index is 2.15. The van der Waals surface area contributed by atoms with E-state index in [1.54, 1.807) is 11.1 Å². The number of benzene rings is 1. The molecule has 0 heterocycles. The van der Waals surface area contributed by atoms with E-state index in [0.29, 0.717) is 12.1 Å². The predicted octanol–water partition coefficient (Wildman–Crippen LogP) is 2.78. The fourth-order valence-corrected chi connectivity index (χ4v) is 2.74. The van der Waals surface area contributed by atoms with Gasteiger partial charge in [-0.3, -0.25) is 0 Å². The number of rotatable bonds is 5. The average molecular weight is 246 g/mol. The fraction of sp³-hybridized carbons (Fsp3) is 0.625. The van der Waals surface area contributed by atoms with E-state index < -0.39 is 0 Å². The minimum atomic E-state index is 0.471. The highest BCUT2D eigenvalue weighted by atomic mass is 15.1. The molecule has 2 heteroatoms. The number of hydrogen-bond donors (Lipinski definition) is 1. The van der Waals surface area contributed by atoms with E-state index in [9.17, 15) is 0 Å². The molecule has 0 amide bonds. The summed E-state index contributed by atoms with van der Waals surface area (Å²) in [5.74, 6) is 0. The molecular weight excluding hydrogens is 220 g/mol. The van der Waals surface area contributed by atoms with Crippen LogP contribution in [0.25, 0.3) is 0 Å². The van der Waals surface area contributed by atoms with Crippen LogP contribution in [0.1, 0.15) is 43.0 Å². The Morgan fingerprint density at radius 1 is 1.17 bits per heavy atom. The standard InChI is InChI=1S/C16H26N2/c1-12(2)17-11-16(18(3)4)15-9-8-13-6-5-7-14(13)10-15/h8-10,12,16-17H,5-7,11H2,1-4H3. The van der Waals surface area contributed by atoms with Gasteiger partial charge in [-0.15, -0.1) is 0 Å². The third-order valence-electron chi connectivity index (χ3n) is 3.85. The molecule has 18 heavy (non-hydrogen) atoms. The second kappa shape index (κ2) is 5.85. The fourth-order valence-electron chi connectivity index (χ4n) is 2.74. The van der Waals surface area contributed by atoms with Crippen molar-refractivity contribution in [1.82, 2.24) is 10.2 Å². The van der Waals surface area contributed by atoms with Gasteiger partial charge in [0.05, 0.1) is 0 Å². The highest BCUT2D eigenvalue weighted by molar-refractivity contribution is 5.36. The Labute approximate surface area is 111 Å². The summed E-state index contributed by atoms with van der Waals surface area (Å²) in [6, 6.07) is 8.09. The smallest absolute Gasteiger partial charge is 0.0467 e. The molecule has 0 aliphatic heterocycles. The van der Waals surface area contributed by atoms with Crippen LogP contribution in [0.3, 0.4) is 0 Å². The van der Waals surface area contributed by atoms with Gasteiger partial charge in [-0.05, 0) is 50.0 Å². The Morgan fingerprint density at radius 3 is 2.56 bits per heavy atom. The van der Waals surface area contributed by atoms with Gasteiger partial charge in [-0.1, -0.05) is 32.0 Å². The number of aryl methyl sites for hydroxylation is 2. The van der Waals surface area contributed by atoms with E-state index in [1.807, 2.05) is 0 Å². The molecule has 1 aliphatic carbocycles. The molecule has 1 N–H and O–H groups in total. The second-order valence-corrected chi connectivity index (χ2v) is 5.92. The summed E-state index contributed by atoms with van der Waals surface area (Å²) in [4.78, 5) is 2.31. The quantitative estimate of drug-likeness (QED) is 0.859. The van der Waals surface area contributed by atoms with Gasteiger partial charge in [0, 0.05) is 18.6 Å². The summed E-state index contributed by atoms with van der Waals surface area (Å²) in [5.41, 5.74) is 4.59. The topological polar surface area (TPSA) is 15.3 Å². The van der Waals surface area contributed by atoms with Crippen LogP contribution in [0.2, 0.25) is 0 Å². The highest BCUT2D eigenvalue weighted by Gasteiger charge is 2.17. The van der Waals surface area contributed by atoms with Crippen LogP contribution in [0.15, 0.2) is 18.2 Å². The van der Waals surface area contributed by atoms with Gasteiger partial charge in [0.1, 0.15) is 0 Å². The molecule has 2 nitrogen and oxygen atoms in total. The van der Waals surface area contributed by atoms with E-state index in [4.69, 9.17) is 0 Å². The lowest BCUT2D eigenvalue weighted by Crippen LogP contribution is -2.34. The molecule has 1 unspecified atom stereocenters.